The Hall–Kier alpha value is -1.78. The minimum Gasteiger partial charge on any atom is -0.481 e. The molecule has 0 unspecified atom stereocenters. The molecule has 0 aromatic carbocycles. The van der Waals surface area contributed by atoms with Gasteiger partial charge in [0.05, 0.1) is 20.3 Å². The fraction of sp³-hybridized carbons (Fsp3) is 0.375. The molecule has 14 heavy (non-hydrogen) atoms. The van der Waals surface area contributed by atoms with Gasteiger partial charge in [-0.05, 0) is 16.7 Å². The third kappa shape index (κ3) is 2.35. The standard InChI is InChI=1S/C8H10N4O2/c1-14-8-2-6(5-13)7(3-10-8)4-11-12-9/h2-3,13H,4-5H2,1H3. The molecule has 1 N–H and O–H groups in total. The van der Waals surface area contributed by atoms with Crippen LogP contribution in [0.4, 0.5) is 0 Å². The van der Waals surface area contributed by atoms with Gasteiger partial charge in [-0.25, -0.2) is 4.98 Å². The summed E-state index contributed by atoms with van der Waals surface area (Å²) in [5.74, 6) is 0.429. The Morgan fingerprint density at radius 2 is 2.43 bits per heavy atom. The molecule has 0 aliphatic rings. The van der Waals surface area contributed by atoms with Gasteiger partial charge < -0.3 is 9.84 Å². The van der Waals surface area contributed by atoms with E-state index in [9.17, 15) is 0 Å². The molecule has 0 saturated carbocycles. The zero-order chi connectivity index (χ0) is 10.4. The molecular weight excluding hydrogens is 184 g/mol. The number of nitrogens with zero attached hydrogens (tertiary/aromatic N) is 4. The van der Waals surface area contributed by atoms with Gasteiger partial charge in [-0.2, -0.15) is 0 Å². The van der Waals surface area contributed by atoms with Crippen LogP contribution >= 0.6 is 0 Å². The summed E-state index contributed by atoms with van der Waals surface area (Å²) in [6.45, 7) is 0.0541. The topological polar surface area (TPSA) is 91.1 Å². The second-order valence-corrected chi connectivity index (χ2v) is 2.54. The van der Waals surface area contributed by atoms with Gasteiger partial charge in [-0.3, -0.25) is 0 Å². The predicted octanol–water partition coefficient (Wildman–Crippen LogP) is 1.39. The van der Waals surface area contributed by atoms with E-state index in [1.54, 1.807) is 6.07 Å². The lowest BCUT2D eigenvalue weighted by molar-refractivity contribution is 0.279. The lowest BCUT2D eigenvalue weighted by Gasteiger charge is -2.05. The number of aliphatic hydroxyl groups is 1. The van der Waals surface area contributed by atoms with Crippen LogP contribution in [0.5, 0.6) is 5.88 Å². The third-order valence-electron chi connectivity index (χ3n) is 1.74. The molecule has 0 amide bonds. The van der Waals surface area contributed by atoms with E-state index in [4.69, 9.17) is 15.4 Å². The van der Waals surface area contributed by atoms with Crippen molar-refractivity contribution >= 4 is 0 Å². The van der Waals surface area contributed by atoms with Crippen molar-refractivity contribution in [2.75, 3.05) is 7.11 Å². The number of ether oxygens (including phenoxy) is 1. The number of aromatic nitrogens is 1. The van der Waals surface area contributed by atoms with Gasteiger partial charge in [0.1, 0.15) is 0 Å². The minimum absolute atomic E-state index is 0.130. The van der Waals surface area contributed by atoms with Crippen molar-refractivity contribution < 1.29 is 9.84 Å². The highest BCUT2D eigenvalue weighted by atomic mass is 16.5. The van der Waals surface area contributed by atoms with Gasteiger partial charge in [-0.15, -0.1) is 0 Å². The van der Waals surface area contributed by atoms with Crippen LogP contribution in [0.15, 0.2) is 17.4 Å². The van der Waals surface area contributed by atoms with Crippen molar-refractivity contribution in [2.45, 2.75) is 13.2 Å². The number of aliphatic hydroxyl groups excluding tert-OH is 1. The Labute approximate surface area is 80.8 Å². The van der Waals surface area contributed by atoms with Crippen LogP contribution in [0.2, 0.25) is 0 Å². The van der Waals surface area contributed by atoms with Gasteiger partial charge in [0.25, 0.3) is 0 Å². The normalized spacial score (nSPS) is 9.29. The van der Waals surface area contributed by atoms with E-state index in [0.717, 1.165) is 0 Å². The Balaban J connectivity index is 2.98. The molecule has 0 aliphatic carbocycles. The van der Waals surface area contributed by atoms with E-state index < -0.39 is 0 Å². The van der Waals surface area contributed by atoms with Crippen LogP contribution in [0.3, 0.4) is 0 Å². The second-order valence-electron chi connectivity index (χ2n) is 2.54. The molecule has 0 aliphatic heterocycles. The fourth-order valence-corrected chi connectivity index (χ4v) is 1.01. The largest absolute Gasteiger partial charge is 0.481 e. The van der Waals surface area contributed by atoms with E-state index in [1.807, 2.05) is 0 Å². The SMILES string of the molecule is COc1cc(CO)c(CN=[N+]=[N-])cn1. The molecule has 1 heterocycles. The molecule has 1 rings (SSSR count). The maximum atomic E-state index is 9.02. The highest BCUT2D eigenvalue weighted by Gasteiger charge is 2.03. The molecule has 1 aromatic rings. The first-order valence-corrected chi connectivity index (χ1v) is 3.95. The molecule has 1 aromatic heterocycles. The third-order valence-corrected chi connectivity index (χ3v) is 1.74. The first-order chi connectivity index (χ1) is 6.81. The molecule has 0 radical (unpaired) electrons. The zero-order valence-corrected chi connectivity index (χ0v) is 7.71. The van der Waals surface area contributed by atoms with Gasteiger partial charge in [0.2, 0.25) is 5.88 Å². The molecule has 0 saturated heterocycles. The summed E-state index contributed by atoms with van der Waals surface area (Å²) < 4.78 is 4.89. The average Bonchev–Trinajstić information content (AvgIpc) is 2.26. The van der Waals surface area contributed by atoms with Gasteiger partial charge in [0.15, 0.2) is 0 Å². The summed E-state index contributed by atoms with van der Waals surface area (Å²) in [7, 11) is 1.50. The van der Waals surface area contributed by atoms with Crippen LogP contribution in [0.25, 0.3) is 10.4 Å². The molecule has 6 nitrogen and oxygen atoms in total. The molecule has 0 atom stereocenters. The minimum atomic E-state index is -0.130. The monoisotopic (exact) mass is 194 g/mol. The zero-order valence-electron chi connectivity index (χ0n) is 7.71. The maximum absolute atomic E-state index is 9.02. The van der Waals surface area contributed by atoms with Crippen molar-refractivity contribution in [2.24, 2.45) is 5.11 Å². The molecule has 74 valence electrons. The molecule has 0 bridgehead atoms. The Morgan fingerprint density at radius 1 is 1.64 bits per heavy atom. The number of methoxy groups -OCH3 is 1. The van der Waals surface area contributed by atoms with E-state index in [2.05, 4.69) is 15.0 Å². The lowest BCUT2D eigenvalue weighted by atomic mass is 10.1. The van der Waals surface area contributed by atoms with Crippen LogP contribution in [0.1, 0.15) is 11.1 Å². The first kappa shape index (κ1) is 10.3. The number of rotatable bonds is 4. The summed E-state index contributed by atoms with van der Waals surface area (Å²) in [5.41, 5.74) is 9.50. The summed E-state index contributed by atoms with van der Waals surface area (Å²) in [6, 6.07) is 1.61. The summed E-state index contributed by atoms with van der Waals surface area (Å²) >= 11 is 0. The Morgan fingerprint density at radius 3 is 3.00 bits per heavy atom. The smallest absolute Gasteiger partial charge is 0.213 e. The number of pyridine rings is 1. The number of hydrogen-bond donors (Lipinski definition) is 1. The quantitative estimate of drug-likeness (QED) is 0.446. The molecule has 6 heteroatoms. The van der Waals surface area contributed by atoms with Gasteiger partial charge in [0, 0.05) is 17.2 Å². The Bertz CT molecular complexity index is 360. The average molecular weight is 194 g/mol. The van der Waals surface area contributed by atoms with Gasteiger partial charge in [-0.1, -0.05) is 5.11 Å². The van der Waals surface area contributed by atoms with Crippen molar-refractivity contribution in [3.05, 3.63) is 33.8 Å². The molecular formula is C8H10N4O2. The van der Waals surface area contributed by atoms with Crippen molar-refractivity contribution in [3.8, 4) is 5.88 Å². The van der Waals surface area contributed by atoms with Crippen molar-refractivity contribution in [1.82, 2.24) is 4.98 Å². The molecule has 0 fully saturated rings. The highest BCUT2D eigenvalue weighted by molar-refractivity contribution is 5.28. The summed E-state index contributed by atoms with van der Waals surface area (Å²) in [5, 5.41) is 12.4. The second kappa shape index (κ2) is 5.06. The van der Waals surface area contributed by atoms with E-state index in [0.29, 0.717) is 17.0 Å². The Kier molecular flexibility index (Phi) is 3.72. The highest BCUT2D eigenvalue weighted by Crippen LogP contribution is 2.15. The van der Waals surface area contributed by atoms with E-state index in [-0.39, 0.29) is 13.2 Å². The predicted molar refractivity (Wildman–Crippen MR) is 49.6 cm³/mol. The summed E-state index contributed by atoms with van der Waals surface area (Å²) in [6.07, 6.45) is 1.53. The summed E-state index contributed by atoms with van der Waals surface area (Å²) in [4.78, 5) is 6.58. The number of azide groups is 1. The first-order valence-electron chi connectivity index (χ1n) is 3.95. The number of hydrogen-bond acceptors (Lipinski definition) is 4. The maximum Gasteiger partial charge on any atom is 0.213 e. The van der Waals surface area contributed by atoms with E-state index in [1.165, 1.54) is 13.3 Å². The van der Waals surface area contributed by atoms with Crippen LogP contribution in [-0.4, -0.2) is 17.2 Å². The van der Waals surface area contributed by atoms with Crippen LogP contribution in [0, 0.1) is 0 Å². The lowest BCUT2D eigenvalue weighted by Crippen LogP contribution is -1.96. The van der Waals surface area contributed by atoms with E-state index >= 15 is 0 Å². The molecule has 0 spiro atoms. The van der Waals surface area contributed by atoms with Crippen molar-refractivity contribution in [1.29, 1.82) is 0 Å². The van der Waals surface area contributed by atoms with Crippen molar-refractivity contribution in [3.63, 3.8) is 0 Å². The fourth-order valence-electron chi connectivity index (χ4n) is 1.01. The van der Waals surface area contributed by atoms with Gasteiger partial charge >= 0.3 is 0 Å². The van der Waals surface area contributed by atoms with Crippen LogP contribution < -0.4 is 4.74 Å². The van der Waals surface area contributed by atoms with Crippen LogP contribution in [-0.2, 0) is 13.2 Å².